The first-order valence-electron chi connectivity index (χ1n) is 5.36. The van der Waals surface area contributed by atoms with Crippen LogP contribution in [0.25, 0.3) is 0 Å². The first kappa shape index (κ1) is 14.5. The lowest BCUT2D eigenvalue weighted by Gasteiger charge is -2.15. The van der Waals surface area contributed by atoms with Gasteiger partial charge in [0.25, 0.3) is 5.91 Å². The predicted molar refractivity (Wildman–Crippen MR) is 61.3 cm³/mol. The number of methoxy groups -OCH3 is 1. The standard InChI is InChI=1S/C12H15F2NO3/c1-7-3-9(11(14)4-10(7)13)12(17)15-8(5-16)6-18-2/h3-4,8,16H,5-6H2,1-2H3,(H,15,17). The zero-order valence-electron chi connectivity index (χ0n) is 10.2. The van der Waals surface area contributed by atoms with Gasteiger partial charge in [0.15, 0.2) is 0 Å². The smallest absolute Gasteiger partial charge is 0.254 e. The number of amides is 1. The third kappa shape index (κ3) is 3.48. The molecule has 1 rings (SSSR count). The second kappa shape index (κ2) is 6.42. The fourth-order valence-corrected chi connectivity index (χ4v) is 1.44. The van der Waals surface area contributed by atoms with Gasteiger partial charge >= 0.3 is 0 Å². The molecule has 0 bridgehead atoms. The summed E-state index contributed by atoms with van der Waals surface area (Å²) in [5, 5.41) is 11.4. The fourth-order valence-electron chi connectivity index (χ4n) is 1.44. The normalized spacial score (nSPS) is 12.3. The van der Waals surface area contributed by atoms with Gasteiger partial charge in [0.1, 0.15) is 11.6 Å². The highest BCUT2D eigenvalue weighted by atomic mass is 19.1. The molecular formula is C12H15F2NO3. The van der Waals surface area contributed by atoms with Crippen molar-refractivity contribution < 1.29 is 23.4 Å². The first-order valence-corrected chi connectivity index (χ1v) is 5.36. The Morgan fingerprint density at radius 2 is 2.11 bits per heavy atom. The van der Waals surface area contributed by atoms with Gasteiger partial charge in [-0.1, -0.05) is 0 Å². The maximum absolute atomic E-state index is 13.4. The number of aryl methyl sites for hydroxylation is 1. The molecule has 1 atom stereocenters. The second-order valence-corrected chi connectivity index (χ2v) is 3.89. The van der Waals surface area contributed by atoms with E-state index in [9.17, 15) is 13.6 Å². The van der Waals surface area contributed by atoms with E-state index in [1.807, 2.05) is 0 Å². The summed E-state index contributed by atoms with van der Waals surface area (Å²) in [5.74, 6) is -2.36. The van der Waals surface area contributed by atoms with Crippen LogP contribution in [0.1, 0.15) is 15.9 Å². The summed E-state index contributed by atoms with van der Waals surface area (Å²) >= 11 is 0. The number of rotatable bonds is 5. The predicted octanol–water partition coefficient (Wildman–Crippen LogP) is 1.01. The summed E-state index contributed by atoms with van der Waals surface area (Å²) in [6.07, 6.45) is 0. The van der Waals surface area contributed by atoms with Crippen LogP contribution in [0.4, 0.5) is 8.78 Å². The Hall–Kier alpha value is -1.53. The Morgan fingerprint density at radius 3 is 2.67 bits per heavy atom. The van der Waals surface area contributed by atoms with E-state index in [4.69, 9.17) is 9.84 Å². The average Bonchev–Trinajstić information content (AvgIpc) is 2.33. The van der Waals surface area contributed by atoms with Crippen molar-refractivity contribution in [1.29, 1.82) is 0 Å². The molecule has 0 radical (unpaired) electrons. The van der Waals surface area contributed by atoms with Crippen molar-refractivity contribution in [2.24, 2.45) is 0 Å². The number of carbonyl (C=O) groups excluding carboxylic acids is 1. The topological polar surface area (TPSA) is 58.6 Å². The summed E-state index contributed by atoms with van der Waals surface area (Å²) in [6.45, 7) is 1.20. The van der Waals surface area contributed by atoms with Crippen molar-refractivity contribution in [3.8, 4) is 0 Å². The zero-order valence-corrected chi connectivity index (χ0v) is 10.2. The Kier molecular flexibility index (Phi) is 5.18. The Balaban J connectivity index is 2.87. The Bertz CT molecular complexity index is 438. The van der Waals surface area contributed by atoms with E-state index in [1.165, 1.54) is 14.0 Å². The maximum Gasteiger partial charge on any atom is 0.254 e. The van der Waals surface area contributed by atoms with Crippen LogP contribution >= 0.6 is 0 Å². The molecule has 0 heterocycles. The van der Waals surface area contributed by atoms with Crippen LogP contribution in [0.15, 0.2) is 12.1 Å². The van der Waals surface area contributed by atoms with E-state index >= 15 is 0 Å². The van der Waals surface area contributed by atoms with Gasteiger partial charge in [-0.15, -0.1) is 0 Å². The number of hydrogen-bond donors (Lipinski definition) is 2. The molecule has 0 aliphatic carbocycles. The number of halogens is 2. The number of hydrogen-bond acceptors (Lipinski definition) is 3. The number of nitrogens with one attached hydrogen (secondary N) is 1. The summed E-state index contributed by atoms with van der Waals surface area (Å²) in [5.41, 5.74) is -0.0858. The SMILES string of the molecule is COCC(CO)NC(=O)c1cc(C)c(F)cc1F. The lowest BCUT2D eigenvalue weighted by molar-refractivity contribution is 0.0835. The molecule has 100 valence electrons. The maximum atomic E-state index is 13.4. The highest BCUT2D eigenvalue weighted by Gasteiger charge is 2.17. The molecular weight excluding hydrogens is 244 g/mol. The molecule has 4 nitrogen and oxygen atoms in total. The van der Waals surface area contributed by atoms with Crippen LogP contribution in [-0.4, -0.2) is 37.4 Å². The van der Waals surface area contributed by atoms with Gasteiger partial charge in [0, 0.05) is 13.2 Å². The largest absolute Gasteiger partial charge is 0.394 e. The Morgan fingerprint density at radius 1 is 1.44 bits per heavy atom. The van der Waals surface area contributed by atoms with Gasteiger partial charge in [0.2, 0.25) is 0 Å². The van der Waals surface area contributed by atoms with Crippen LogP contribution in [-0.2, 0) is 4.74 Å². The van der Waals surface area contributed by atoms with Gasteiger partial charge in [-0.25, -0.2) is 8.78 Å². The van der Waals surface area contributed by atoms with Crippen molar-refractivity contribution in [3.63, 3.8) is 0 Å². The minimum absolute atomic E-state index is 0.101. The van der Waals surface area contributed by atoms with Gasteiger partial charge in [-0.05, 0) is 18.6 Å². The number of carbonyl (C=O) groups is 1. The molecule has 1 amide bonds. The third-order valence-electron chi connectivity index (χ3n) is 2.42. The second-order valence-electron chi connectivity index (χ2n) is 3.89. The molecule has 0 spiro atoms. The molecule has 1 aromatic carbocycles. The molecule has 0 aromatic heterocycles. The highest BCUT2D eigenvalue weighted by molar-refractivity contribution is 5.94. The van der Waals surface area contributed by atoms with Crippen molar-refractivity contribution >= 4 is 5.91 Å². The summed E-state index contributed by atoms with van der Waals surface area (Å²) in [6, 6.07) is 1.16. The summed E-state index contributed by atoms with van der Waals surface area (Å²) < 4.78 is 31.2. The van der Waals surface area contributed by atoms with Crippen LogP contribution < -0.4 is 5.32 Å². The molecule has 0 saturated carbocycles. The van der Waals surface area contributed by atoms with Crippen molar-refractivity contribution in [2.75, 3.05) is 20.3 Å². The molecule has 0 aliphatic heterocycles. The zero-order chi connectivity index (χ0) is 13.7. The van der Waals surface area contributed by atoms with Crippen molar-refractivity contribution in [3.05, 3.63) is 34.9 Å². The highest BCUT2D eigenvalue weighted by Crippen LogP contribution is 2.14. The average molecular weight is 259 g/mol. The van der Waals surface area contributed by atoms with Crippen LogP contribution in [0, 0.1) is 18.6 Å². The molecule has 0 saturated heterocycles. The van der Waals surface area contributed by atoms with Gasteiger partial charge in [-0.2, -0.15) is 0 Å². The van der Waals surface area contributed by atoms with Crippen molar-refractivity contribution in [2.45, 2.75) is 13.0 Å². The van der Waals surface area contributed by atoms with E-state index in [0.29, 0.717) is 6.07 Å². The molecule has 0 aliphatic rings. The minimum atomic E-state index is -0.940. The monoisotopic (exact) mass is 259 g/mol. The number of aliphatic hydroxyl groups is 1. The quantitative estimate of drug-likeness (QED) is 0.829. The molecule has 6 heteroatoms. The van der Waals surface area contributed by atoms with Gasteiger partial charge in [0.05, 0.1) is 24.8 Å². The van der Waals surface area contributed by atoms with Crippen LogP contribution in [0.5, 0.6) is 0 Å². The fraction of sp³-hybridized carbons (Fsp3) is 0.417. The Labute approximate surface area is 104 Å². The van der Waals surface area contributed by atoms with E-state index in [2.05, 4.69) is 5.32 Å². The number of benzene rings is 1. The molecule has 2 N–H and O–H groups in total. The third-order valence-corrected chi connectivity index (χ3v) is 2.42. The molecule has 1 unspecified atom stereocenters. The van der Waals surface area contributed by atoms with Crippen LogP contribution in [0.2, 0.25) is 0 Å². The van der Waals surface area contributed by atoms with Crippen molar-refractivity contribution in [1.82, 2.24) is 5.32 Å². The van der Waals surface area contributed by atoms with E-state index < -0.39 is 23.6 Å². The molecule has 18 heavy (non-hydrogen) atoms. The molecule has 1 aromatic rings. The van der Waals surface area contributed by atoms with E-state index in [-0.39, 0.29) is 24.3 Å². The number of ether oxygens (including phenoxy) is 1. The van der Waals surface area contributed by atoms with E-state index in [0.717, 1.165) is 6.07 Å². The lowest BCUT2D eigenvalue weighted by atomic mass is 10.1. The molecule has 0 fully saturated rings. The first-order chi connectivity index (χ1) is 8.49. The lowest BCUT2D eigenvalue weighted by Crippen LogP contribution is -2.41. The van der Waals surface area contributed by atoms with Crippen LogP contribution in [0.3, 0.4) is 0 Å². The van der Waals surface area contributed by atoms with Gasteiger partial charge in [-0.3, -0.25) is 4.79 Å². The number of aliphatic hydroxyl groups excluding tert-OH is 1. The summed E-state index contributed by atoms with van der Waals surface area (Å²) in [4.78, 5) is 11.7. The summed E-state index contributed by atoms with van der Waals surface area (Å²) in [7, 11) is 1.41. The van der Waals surface area contributed by atoms with E-state index in [1.54, 1.807) is 0 Å². The minimum Gasteiger partial charge on any atom is -0.394 e. The van der Waals surface area contributed by atoms with Gasteiger partial charge < -0.3 is 15.2 Å².